The number of aliphatic hydroxyl groups is 1. The SMILES string of the molecule is C=C/C=C(\C=C/CC)NC(O)NC1C=CC=CC=C1. The van der Waals surface area contributed by atoms with Gasteiger partial charge in [0.25, 0.3) is 0 Å². The van der Waals surface area contributed by atoms with Gasteiger partial charge < -0.3 is 10.4 Å². The molecule has 0 spiro atoms. The minimum absolute atomic E-state index is 0.00219. The summed E-state index contributed by atoms with van der Waals surface area (Å²) in [4.78, 5) is 0. The maximum Gasteiger partial charge on any atom is 0.182 e. The average molecular weight is 258 g/mol. The Morgan fingerprint density at radius 1 is 1.32 bits per heavy atom. The van der Waals surface area contributed by atoms with Crippen LogP contribution in [0.4, 0.5) is 0 Å². The Bertz CT molecular complexity index is 400. The van der Waals surface area contributed by atoms with Crippen molar-refractivity contribution in [3.8, 4) is 0 Å². The van der Waals surface area contributed by atoms with Gasteiger partial charge in [0.1, 0.15) is 0 Å². The highest BCUT2D eigenvalue weighted by atomic mass is 16.3. The lowest BCUT2D eigenvalue weighted by Crippen LogP contribution is -2.45. The van der Waals surface area contributed by atoms with Crippen LogP contribution in [0, 0.1) is 0 Å². The number of rotatable bonds is 7. The molecule has 1 unspecified atom stereocenters. The molecular weight excluding hydrogens is 236 g/mol. The highest BCUT2D eigenvalue weighted by Gasteiger charge is 2.07. The van der Waals surface area contributed by atoms with Gasteiger partial charge in [-0.2, -0.15) is 0 Å². The first kappa shape index (κ1) is 15.2. The molecule has 0 bridgehead atoms. The largest absolute Gasteiger partial charge is 0.361 e. The van der Waals surface area contributed by atoms with Gasteiger partial charge in [-0.3, -0.25) is 5.32 Å². The molecule has 3 N–H and O–H groups in total. The number of allylic oxidation sites excluding steroid dienone is 8. The molecule has 1 aliphatic carbocycles. The van der Waals surface area contributed by atoms with Crippen molar-refractivity contribution >= 4 is 0 Å². The molecule has 0 fully saturated rings. The Hall–Kier alpha value is -1.84. The Morgan fingerprint density at radius 2 is 2.00 bits per heavy atom. The molecule has 0 aromatic carbocycles. The molecule has 3 heteroatoms. The van der Waals surface area contributed by atoms with E-state index in [1.165, 1.54) is 0 Å². The van der Waals surface area contributed by atoms with Gasteiger partial charge in [-0.1, -0.05) is 62.1 Å². The van der Waals surface area contributed by atoms with E-state index < -0.39 is 6.35 Å². The zero-order chi connectivity index (χ0) is 13.9. The van der Waals surface area contributed by atoms with Gasteiger partial charge >= 0.3 is 0 Å². The molecule has 0 heterocycles. The zero-order valence-electron chi connectivity index (χ0n) is 11.3. The standard InChI is InChI=1S/C16H22N2O/c1-3-5-11-14(10-4-2)17-16(19)18-15-12-8-6-7-9-13-15/h4-13,15-19H,2-3H2,1H3/b11-5-,14-10+. The van der Waals surface area contributed by atoms with Crippen LogP contribution in [0.3, 0.4) is 0 Å². The van der Waals surface area contributed by atoms with Crippen LogP contribution in [0.25, 0.3) is 0 Å². The van der Waals surface area contributed by atoms with Gasteiger partial charge in [-0.15, -0.1) is 0 Å². The Balaban J connectivity index is 2.52. The van der Waals surface area contributed by atoms with Crippen LogP contribution in [0.15, 0.2) is 73.0 Å². The lowest BCUT2D eigenvalue weighted by molar-refractivity contribution is 0.111. The van der Waals surface area contributed by atoms with Gasteiger partial charge in [0.15, 0.2) is 6.35 Å². The highest BCUT2D eigenvalue weighted by Crippen LogP contribution is 1.99. The number of nitrogens with one attached hydrogen (secondary N) is 2. The first-order valence-electron chi connectivity index (χ1n) is 6.48. The van der Waals surface area contributed by atoms with E-state index in [-0.39, 0.29) is 6.04 Å². The molecule has 0 amide bonds. The maximum atomic E-state index is 9.97. The van der Waals surface area contributed by atoms with E-state index in [2.05, 4.69) is 24.1 Å². The van der Waals surface area contributed by atoms with E-state index in [4.69, 9.17) is 0 Å². The molecule has 0 radical (unpaired) electrons. The second-order valence-corrected chi connectivity index (χ2v) is 4.06. The minimum Gasteiger partial charge on any atom is -0.361 e. The van der Waals surface area contributed by atoms with Gasteiger partial charge in [-0.25, -0.2) is 0 Å². The predicted molar refractivity (Wildman–Crippen MR) is 81.2 cm³/mol. The van der Waals surface area contributed by atoms with E-state index in [0.29, 0.717) is 0 Å². The van der Waals surface area contributed by atoms with Crippen molar-refractivity contribution in [2.24, 2.45) is 0 Å². The second kappa shape index (κ2) is 9.14. The molecule has 0 aromatic rings. The van der Waals surface area contributed by atoms with E-state index in [1.807, 2.05) is 54.7 Å². The lowest BCUT2D eigenvalue weighted by atomic mass is 10.2. The van der Waals surface area contributed by atoms with Gasteiger partial charge in [0.05, 0.1) is 0 Å². The molecule has 1 aliphatic rings. The smallest absolute Gasteiger partial charge is 0.182 e. The monoisotopic (exact) mass is 258 g/mol. The average Bonchev–Trinajstić information content (AvgIpc) is 2.64. The van der Waals surface area contributed by atoms with Crippen LogP contribution in [-0.2, 0) is 0 Å². The van der Waals surface area contributed by atoms with E-state index in [1.54, 1.807) is 6.08 Å². The van der Waals surface area contributed by atoms with Crippen LogP contribution in [0.5, 0.6) is 0 Å². The molecule has 3 nitrogen and oxygen atoms in total. The van der Waals surface area contributed by atoms with Crippen molar-refractivity contribution in [1.82, 2.24) is 10.6 Å². The summed E-state index contributed by atoms with van der Waals surface area (Å²) in [5.74, 6) is 0. The molecule has 1 atom stereocenters. The summed E-state index contributed by atoms with van der Waals surface area (Å²) in [5, 5.41) is 16.0. The van der Waals surface area contributed by atoms with Crippen molar-refractivity contribution in [2.75, 3.05) is 0 Å². The summed E-state index contributed by atoms with van der Waals surface area (Å²) >= 11 is 0. The first-order valence-corrected chi connectivity index (χ1v) is 6.48. The third-order valence-corrected chi connectivity index (χ3v) is 2.45. The van der Waals surface area contributed by atoms with Crippen molar-refractivity contribution in [3.63, 3.8) is 0 Å². The first-order chi connectivity index (χ1) is 9.26. The molecule has 102 valence electrons. The van der Waals surface area contributed by atoms with Gasteiger partial charge in [0, 0.05) is 11.7 Å². The molecule has 0 saturated heterocycles. The van der Waals surface area contributed by atoms with Crippen molar-refractivity contribution in [1.29, 1.82) is 0 Å². The Kier molecular flexibility index (Phi) is 7.32. The van der Waals surface area contributed by atoms with Crippen LogP contribution in [-0.4, -0.2) is 17.5 Å². The van der Waals surface area contributed by atoms with Crippen LogP contribution >= 0.6 is 0 Å². The molecule has 0 aliphatic heterocycles. The minimum atomic E-state index is -0.829. The summed E-state index contributed by atoms with van der Waals surface area (Å²) in [6.45, 7) is 5.72. The second-order valence-electron chi connectivity index (χ2n) is 4.06. The van der Waals surface area contributed by atoms with E-state index in [0.717, 1.165) is 12.1 Å². The fraction of sp³-hybridized carbons (Fsp3) is 0.250. The number of hydrogen-bond donors (Lipinski definition) is 3. The van der Waals surface area contributed by atoms with Crippen molar-refractivity contribution in [2.45, 2.75) is 25.7 Å². The third-order valence-electron chi connectivity index (χ3n) is 2.45. The van der Waals surface area contributed by atoms with Crippen LogP contribution < -0.4 is 10.6 Å². The van der Waals surface area contributed by atoms with E-state index >= 15 is 0 Å². The summed E-state index contributed by atoms with van der Waals surface area (Å²) in [6, 6.07) is -0.00219. The fourth-order valence-electron chi connectivity index (χ4n) is 1.58. The van der Waals surface area contributed by atoms with Crippen molar-refractivity contribution < 1.29 is 5.11 Å². The molecule has 0 saturated carbocycles. The highest BCUT2D eigenvalue weighted by molar-refractivity contribution is 5.23. The summed E-state index contributed by atoms with van der Waals surface area (Å²) < 4.78 is 0. The molecule has 0 aromatic heterocycles. The lowest BCUT2D eigenvalue weighted by Gasteiger charge is -2.19. The topological polar surface area (TPSA) is 44.3 Å². The van der Waals surface area contributed by atoms with E-state index in [9.17, 15) is 5.11 Å². The molecule has 19 heavy (non-hydrogen) atoms. The summed E-state index contributed by atoms with van der Waals surface area (Å²) in [5.41, 5.74) is 0.816. The number of hydrogen-bond acceptors (Lipinski definition) is 3. The zero-order valence-corrected chi connectivity index (χ0v) is 11.3. The summed E-state index contributed by atoms with van der Waals surface area (Å²) in [6.07, 6.45) is 19.3. The van der Waals surface area contributed by atoms with Crippen molar-refractivity contribution in [3.05, 3.63) is 73.0 Å². The molecule has 1 rings (SSSR count). The molecular formula is C16H22N2O. The summed E-state index contributed by atoms with van der Waals surface area (Å²) in [7, 11) is 0. The quantitative estimate of drug-likeness (QED) is 0.486. The normalized spacial score (nSPS) is 17.7. The Morgan fingerprint density at radius 3 is 2.58 bits per heavy atom. The Labute approximate surface area is 115 Å². The van der Waals surface area contributed by atoms with Crippen LogP contribution in [0.1, 0.15) is 13.3 Å². The fourth-order valence-corrected chi connectivity index (χ4v) is 1.58. The van der Waals surface area contributed by atoms with Gasteiger partial charge in [0.2, 0.25) is 0 Å². The predicted octanol–water partition coefficient (Wildman–Crippen LogP) is 2.53. The number of aliphatic hydroxyl groups excluding tert-OH is 1. The maximum absolute atomic E-state index is 9.97. The third kappa shape index (κ3) is 6.60. The van der Waals surface area contributed by atoms with Gasteiger partial charge in [-0.05, 0) is 18.6 Å². The van der Waals surface area contributed by atoms with Crippen LogP contribution in [0.2, 0.25) is 0 Å².